The van der Waals surface area contributed by atoms with Gasteiger partial charge in [-0.1, -0.05) is 19.6 Å². The van der Waals surface area contributed by atoms with Gasteiger partial charge in [-0.15, -0.1) is 0 Å². The number of nitrogens with two attached hydrogens (primary N) is 1. The fraction of sp³-hybridized carbons (Fsp3) is 0.833. The smallest absolute Gasteiger partial charge is 0.121 e. The highest BCUT2D eigenvalue weighted by atomic mass is 28.3. The van der Waals surface area contributed by atoms with Crippen LogP contribution in [0.25, 0.3) is 0 Å². The van der Waals surface area contributed by atoms with Crippen molar-refractivity contribution >= 4 is 14.4 Å². The molecule has 0 aromatic carbocycles. The van der Waals surface area contributed by atoms with Gasteiger partial charge in [-0.3, -0.25) is 0 Å². The van der Waals surface area contributed by atoms with E-state index in [4.69, 9.17) is 5.73 Å². The SMILES string of the molecule is C[Si](C)(C)C(N)CC=O. The van der Waals surface area contributed by atoms with Crippen molar-refractivity contribution in [1.29, 1.82) is 0 Å². The van der Waals surface area contributed by atoms with Gasteiger partial charge in [0.05, 0.1) is 8.07 Å². The van der Waals surface area contributed by atoms with E-state index in [1.54, 1.807) is 0 Å². The number of carbonyl (C=O) groups is 1. The van der Waals surface area contributed by atoms with Gasteiger partial charge in [0.2, 0.25) is 0 Å². The van der Waals surface area contributed by atoms with E-state index >= 15 is 0 Å². The molecule has 0 aromatic heterocycles. The molecule has 1 atom stereocenters. The van der Waals surface area contributed by atoms with Gasteiger partial charge in [0, 0.05) is 12.1 Å². The fourth-order valence-electron chi connectivity index (χ4n) is 0.457. The number of carbonyl (C=O) groups excluding carboxylic acids is 1. The van der Waals surface area contributed by atoms with Crippen molar-refractivity contribution in [2.24, 2.45) is 5.73 Å². The average molecular weight is 145 g/mol. The van der Waals surface area contributed by atoms with Crippen molar-refractivity contribution in [2.45, 2.75) is 31.7 Å². The summed E-state index contributed by atoms with van der Waals surface area (Å²) in [5, 5.41) is 0. The lowest BCUT2D eigenvalue weighted by Gasteiger charge is -2.22. The van der Waals surface area contributed by atoms with Gasteiger partial charge in [0.15, 0.2) is 0 Å². The molecule has 2 N–H and O–H groups in total. The summed E-state index contributed by atoms with van der Waals surface area (Å²) in [4.78, 5) is 10.0. The van der Waals surface area contributed by atoms with Crippen LogP contribution in [0.4, 0.5) is 0 Å². The minimum atomic E-state index is -1.24. The molecule has 0 heterocycles. The summed E-state index contributed by atoms with van der Waals surface area (Å²) in [7, 11) is -1.24. The Balaban J connectivity index is 3.72. The summed E-state index contributed by atoms with van der Waals surface area (Å²) >= 11 is 0. The molecule has 0 spiro atoms. The topological polar surface area (TPSA) is 43.1 Å². The molecule has 3 heteroatoms. The Kier molecular flexibility index (Phi) is 3.07. The van der Waals surface area contributed by atoms with E-state index in [0.717, 1.165) is 6.29 Å². The molecule has 54 valence electrons. The van der Waals surface area contributed by atoms with E-state index in [0.29, 0.717) is 6.42 Å². The molecule has 0 amide bonds. The molecule has 2 nitrogen and oxygen atoms in total. The van der Waals surface area contributed by atoms with Gasteiger partial charge >= 0.3 is 0 Å². The molecule has 1 unspecified atom stereocenters. The first-order chi connectivity index (χ1) is 3.98. The van der Waals surface area contributed by atoms with Crippen LogP contribution in [-0.4, -0.2) is 20.0 Å². The molecule has 0 bridgehead atoms. The lowest BCUT2D eigenvalue weighted by molar-refractivity contribution is -0.107. The third-order valence-electron chi connectivity index (χ3n) is 1.46. The molecular formula is C6H15NOSi. The number of rotatable bonds is 3. The van der Waals surface area contributed by atoms with E-state index < -0.39 is 8.07 Å². The van der Waals surface area contributed by atoms with Gasteiger partial charge in [0.1, 0.15) is 6.29 Å². The van der Waals surface area contributed by atoms with Gasteiger partial charge in [-0.25, -0.2) is 0 Å². The Bertz CT molecular complexity index is 97.7. The monoisotopic (exact) mass is 145 g/mol. The molecule has 0 saturated carbocycles. The minimum absolute atomic E-state index is 0.134. The van der Waals surface area contributed by atoms with Crippen LogP contribution in [0, 0.1) is 0 Å². The van der Waals surface area contributed by atoms with Crippen molar-refractivity contribution in [2.75, 3.05) is 0 Å². The van der Waals surface area contributed by atoms with E-state index in [2.05, 4.69) is 19.6 Å². The van der Waals surface area contributed by atoms with E-state index in [1.165, 1.54) is 0 Å². The first kappa shape index (κ1) is 8.85. The molecule has 0 rings (SSSR count). The van der Waals surface area contributed by atoms with E-state index in [9.17, 15) is 4.79 Å². The third-order valence-corrected chi connectivity index (χ3v) is 3.92. The second kappa shape index (κ2) is 3.13. The normalized spacial score (nSPS) is 15.1. The predicted molar refractivity (Wildman–Crippen MR) is 42.0 cm³/mol. The molecule has 9 heavy (non-hydrogen) atoms. The summed E-state index contributed by atoms with van der Waals surface area (Å²) in [6, 6.07) is 0. The first-order valence-electron chi connectivity index (χ1n) is 3.17. The van der Waals surface area contributed by atoms with Gasteiger partial charge < -0.3 is 10.5 Å². The Morgan fingerprint density at radius 2 is 2.00 bits per heavy atom. The standard InChI is InChI=1S/C6H15NOSi/c1-9(2,3)6(7)4-5-8/h5-6H,4,7H2,1-3H3. The molecule has 0 aliphatic carbocycles. The third kappa shape index (κ3) is 3.43. The molecule has 0 saturated heterocycles. The average Bonchev–Trinajstić information content (AvgIpc) is 1.64. The zero-order chi connectivity index (χ0) is 7.49. The highest BCUT2D eigenvalue weighted by molar-refractivity contribution is 6.77. The van der Waals surface area contributed by atoms with Crippen LogP contribution in [0.2, 0.25) is 19.6 Å². The zero-order valence-electron chi connectivity index (χ0n) is 6.35. The Hall–Kier alpha value is -0.153. The maximum atomic E-state index is 10.0. The Labute approximate surface area is 57.4 Å². The highest BCUT2D eigenvalue weighted by Crippen LogP contribution is 2.06. The van der Waals surface area contributed by atoms with Gasteiger partial charge in [-0.05, 0) is 0 Å². The second-order valence-electron chi connectivity index (χ2n) is 3.37. The lowest BCUT2D eigenvalue weighted by Crippen LogP contribution is -2.45. The fourth-order valence-corrected chi connectivity index (χ4v) is 1.26. The van der Waals surface area contributed by atoms with Crippen molar-refractivity contribution in [3.05, 3.63) is 0 Å². The zero-order valence-corrected chi connectivity index (χ0v) is 7.35. The lowest BCUT2D eigenvalue weighted by atomic mass is 10.5. The summed E-state index contributed by atoms with van der Waals surface area (Å²) < 4.78 is 0. The second-order valence-corrected chi connectivity index (χ2v) is 8.85. The molecular weight excluding hydrogens is 130 g/mol. The summed E-state index contributed by atoms with van der Waals surface area (Å²) in [5.74, 6) is 0. The predicted octanol–water partition coefficient (Wildman–Crippen LogP) is 0.780. The maximum absolute atomic E-state index is 10.0. The summed E-state index contributed by atoms with van der Waals surface area (Å²) in [5.41, 5.74) is 5.83. The van der Waals surface area contributed by atoms with Crippen LogP contribution >= 0.6 is 0 Å². The Morgan fingerprint density at radius 1 is 1.56 bits per heavy atom. The minimum Gasteiger partial charge on any atom is -0.330 e. The molecule has 0 aromatic rings. The highest BCUT2D eigenvalue weighted by Gasteiger charge is 2.21. The molecule has 0 aliphatic rings. The number of hydrogen-bond acceptors (Lipinski definition) is 2. The molecule has 0 aliphatic heterocycles. The maximum Gasteiger partial charge on any atom is 0.121 e. The van der Waals surface area contributed by atoms with Crippen molar-refractivity contribution in [3.8, 4) is 0 Å². The quantitative estimate of drug-likeness (QED) is 0.471. The van der Waals surface area contributed by atoms with Crippen molar-refractivity contribution < 1.29 is 4.79 Å². The first-order valence-corrected chi connectivity index (χ1v) is 6.75. The van der Waals surface area contributed by atoms with Crippen LogP contribution < -0.4 is 5.73 Å². The number of hydrogen-bond donors (Lipinski definition) is 1. The van der Waals surface area contributed by atoms with Gasteiger partial charge in [-0.2, -0.15) is 0 Å². The van der Waals surface area contributed by atoms with Crippen LogP contribution in [0.1, 0.15) is 6.42 Å². The van der Waals surface area contributed by atoms with E-state index in [1.807, 2.05) is 0 Å². The van der Waals surface area contributed by atoms with Crippen LogP contribution in [0.15, 0.2) is 0 Å². The van der Waals surface area contributed by atoms with Crippen LogP contribution in [-0.2, 0) is 4.79 Å². The summed E-state index contributed by atoms with van der Waals surface area (Å²) in [6.45, 7) is 6.50. The number of aldehydes is 1. The molecule has 0 fully saturated rings. The van der Waals surface area contributed by atoms with Crippen LogP contribution in [0.3, 0.4) is 0 Å². The van der Waals surface area contributed by atoms with Gasteiger partial charge in [0.25, 0.3) is 0 Å². The van der Waals surface area contributed by atoms with E-state index in [-0.39, 0.29) is 5.67 Å². The largest absolute Gasteiger partial charge is 0.330 e. The molecule has 0 radical (unpaired) electrons. The van der Waals surface area contributed by atoms with Crippen molar-refractivity contribution in [1.82, 2.24) is 0 Å². The summed E-state index contributed by atoms with van der Waals surface area (Å²) in [6.07, 6.45) is 1.43. The Morgan fingerprint density at radius 3 is 2.11 bits per heavy atom. The van der Waals surface area contributed by atoms with Crippen LogP contribution in [0.5, 0.6) is 0 Å². The van der Waals surface area contributed by atoms with Crippen molar-refractivity contribution in [3.63, 3.8) is 0 Å².